The molecular formula is C42H37F2N5O4S. The highest BCUT2D eigenvalue weighted by molar-refractivity contribution is 7.17. The minimum absolute atomic E-state index is 0.201. The Morgan fingerprint density at radius 1 is 0.815 bits per heavy atom. The Hall–Kier alpha value is -5.46. The number of aromatic nitrogens is 1. The summed E-state index contributed by atoms with van der Waals surface area (Å²) in [6, 6.07) is 21.6. The molecule has 0 atom stereocenters. The van der Waals surface area contributed by atoms with E-state index in [2.05, 4.69) is 15.5 Å². The Balaban J connectivity index is 0.917. The Labute approximate surface area is 315 Å². The third kappa shape index (κ3) is 6.22. The Morgan fingerprint density at radius 3 is 2.35 bits per heavy atom. The molecule has 0 unspecified atom stereocenters. The normalized spacial score (nSPS) is 16.9. The smallest absolute Gasteiger partial charge is 0.265 e. The second-order valence-corrected chi connectivity index (χ2v) is 15.6. The summed E-state index contributed by atoms with van der Waals surface area (Å²) in [4.78, 5) is 51.1. The maximum Gasteiger partial charge on any atom is 0.265 e. The number of hydrogen-bond donors (Lipinski definition) is 2. The summed E-state index contributed by atoms with van der Waals surface area (Å²) in [5.74, 6) is -1.99. The Kier molecular flexibility index (Phi) is 8.74. The van der Waals surface area contributed by atoms with Crippen molar-refractivity contribution in [3.05, 3.63) is 123 Å². The van der Waals surface area contributed by atoms with E-state index in [1.807, 2.05) is 30.3 Å². The molecule has 1 aliphatic carbocycles. The van der Waals surface area contributed by atoms with Crippen LogP contribution in [0.15, 0.2) is 78.9 Å². The molecule has 3 aliphatic heterocycles. The topological polar surface area (TPSA) is 104 Å². The molecular weight excluding hydrogens is 709 g/mol. The van der Waals surface area contributed by atoms with Crippen molar-refractivity contribution in [3.8, 4) is 10.4 Å². The molecule has 1 spiro atoms. The maximum atomic E-state index is 14.2. The van der Waals surface area contributed by atoms with Gasteiger partial charge in [-0.3, -0.25) is 14.4 Å². The van der Waals surface area contributed by atoms with Gasteiger partial charge in [0.1, 0.15) is 23.1 Å². The number of anilines is 4. The molecule has 274 valence electrons. The summed E-state index contributed by atoms with van der Waals surface area (Å²) in [5, 5.41) is 5.43. The summed E-state index contributed by atoms with van der Waals surface area (Å²) in [6.07, 6.45) is 5.41. The SMILES string of the molecule is O=C(Nc1c(F)cccc1F)c1cc2c(s1)-c1ccccc1N(C(=O)c1ccc(NC(=O)c3cc4c(nc3N3CC5(CCOCC5)C3)CCC4)cc1)CC2. The minimum Gasteiger partial charge on any atom is -0.381 e. The van der Waals surface area contributed by atoms with Crippen LogP contribution in [0.1, 0.15) is 66.5 Å². The van der Waals surface area contributed by atoms with Gasteiger partial charge in [0, 0.05) is 65.6 Å². The van der Waals surface area contributed by atoms with Crippen LogP contribution in [0.4, 0.5) is 31.7 Å². The first kappa shape index (κ1) is 34.3. The maximum absolute atomic E-state index is 14.2. The summed E-state index contributed by atoms with van der Waals surface area (Å²) in [6.45, 7) is 3.66. The van der Waals surface area contributed by atoms with Crippen LogP contribution in [0.2, 0.25) is 0 Å². The van der Waals surface area contributed by atoms with Gasteiger partial charge in [-0.25, -0.2) is 13.8 Å². The number of nitrogens with one attached hydrogen (secondary N) is 2. The first-order chi connectivity index (χ1) is 26.2. The average molecular weight is 746 g/mol. The number of nitrogens with zero attached hydrogens (tertiary/aromatic N) is 3. The summed E-state index contributed by atoms with van der Waals surface area (Å²) in [7, 11) is 0. The molecule has 2 saturated heterocycles. The highest BCUT2D eigenvalue weighted by Crippen LogP contribution is 2.44. The van der Waals surface area contributed by atoms with Crippen molar-refractivity contribution in [2.24, 2.45) is 5.41 Å². The van der Waals surface area contributed by atoms with E-state index in [9.17, 15) is 23.2 Å². The van der Waals surface area contributed by atoms with Gasteiger partial charge >= 0.3 is 0 Å². The minimum atomic E-state index is -0.854. The standard InChI is InChI=1S/C42H37F2N5O4S/c43-31-7-4-8-32(44)36(31)47-40(51)35-22-27-15-18-49(34-10-2-1-6-29(34)37(27)54-35)41(52)25-11-13-28(14-12-25)45-39(50)30-21-26-5-3-9-33(26)46-38(30)48-23-42(24-48)16-19-53-20-17-42/h1-2,4,6-8,10-14,21-22H,3,5,9,15-20,23-24H2,(H,45,50)(H,47,51). The Bertz CT molecular complexity index is 2290. The fourth-order valence-corrected chi connectivity index (χ4v) is 9.30. The molecule has 0 bridgehead atoms. The molecule has 2 N–H and O–H groups in total. The van der Waals surface area contributed by atoms with Crippen molar-refractivity contribution >= 4 is 51.9 Å². The summed E-state index contributed by atoms with van der Waals surface area (Å²) >= 11 is 1.22. The van der Waals surface area contributed by atoms with Gasteiger partial charge in [-0.05, 0) is 104 Å². The largest absolute Gasteiger partial charge is 0.381 e. The number of thiophene rings is 1. The molecule has 5 aromatic rings. The van der Waals surface area contributed by atoms with Gasteiger partial charge in [-0.2, -0.15) is 0 Å². The molecule has 2 aromatic heterocycles. The predicted octanol–water partition coefficient (Wildman–Crippen LogP) is 7.90. The quantitative estimate of drug-likeness (QED) is 0.183. The van der Waals surface area contributed by atoms with Crippen molar-refractivity contribution in [2.45, 2.75) is 38.5 Å². The van der Waals surface area contributed by atoms with E-state index in [1.165, 1.54) is 17.4 Å². The number of benzene rings is 3. The number of pyridine rings is 1. The zero-order valence-corrected chi connectivity index (χ0v) is 30.2. The van der Waals surface area contributed by atoms with E-state index in [0.29, 0.717) is 40.3 Å². The van der Waals surface area contributed by atoms with Gasteiger partial charge in [0.15, 0.2) is 0 Å². The molecule has 2 fully saturated rings. The fraction of sp³-hybridized carbons (Fsp3) is 0.286. The van der Waals surface area contributed by atoms with E-state index >= 15 is 0 Å². The lowest BCUT2D eigenvalue weighted by Gasteiger charge is -2.53. The van der Waals surface area contributed by atoms with Crippen LogP contribution in [-0.4, -0.2) is 55.6 Å². The highest BCUT2D eigenvalue weighted by atomic mass is 32.1. The molecule has 0 radical (unpaired) electrons. The van der Waals surface area contributed by atoms with Gasteiger partial charge in [-0.1, -0.05) is 24.3 Å². The average Bonchev–Trinajstić information content (AvgIpc) is 3.79. The molecule has 54 heavy (non-hydrogen) atoms. The molecule has 3 amide bonds. The molecule has 9 rings (SSSR count). The molecule has 12 heteroatoms. The number of carbonyl (C=O) groups excluding carboxylic acids is 3. The third-order valence-electron chi connectivity index (χ3n) is 11.1. The van der Waals surface area contributed by atoms with Gasteiger partial charge in [0.05, 0.1) is 16.1 Å². The Morgan fingerprint density at radius 2 is 1.57 bits per heavy atom. The predicted molar refractivity (Wildman–Crippen MR) is 205 cm³/mol. The van der Waals surface area contributed by atoms with Crippen molar-refractivity contribution in [3.63, 3.8) is 0 Å². The van der Waals surface area contributed by atoms with Crippen molar-refractivity contribution in [2.75, 3.05) is 53.3 Å². The van der Waals surface area contributed by atoms with Gasteiger partial charge in [0.25, 0.3) is 17.7 Å². The molecule has 9 nitrogen and oxygen atoms in total. The first-order valence-electron chi connectivity index (χ1n) is 18.3. The van der Waals surface area contributed by atoms with Crippen molar-refractivity contribution < 1.29 is 27.9 Å². The monoisotopic (exact) mass is 745 g/mol. The number of fused-ring (bicyclic) bond motifs is 4. The number of aryl methyl sites for hydroxylation is 2. The summed E-state index contributed by atoms with van der Waals surface area (Å²) in [5.41, 5.74) is 5.92. The number of rotatable bonds is 6. The number of hydrogen-bond acceptors (Lipinski definition) is 7. The number of para-hydroxylation sites is 2. The second-order valence-electron chi connectivity index (χ2n) is 14.6. The van der Waals surface area contributed by atoms with E-state index in [0.717, 1.165) is 104 Å². The zero-order valence-electron chi connectivity index (χ0n) is 29.4. The lowest BCUT2D eigenvalue weighted by molar-refractivity contribution is -0.000521. The molecule has 3 aromatic carbocycles. The second kappa shape index (κ2) is 13.7. The lowest BCUT2D eigenvalue weighted by atomic mass is 9.73. The number of ether oxygens (including phenoxy) is 1. The van der Waals surface area contributed by atoms with Crippen molar-refractivity contribution in [1.29, 1.82) is 0 Å². The fourth-order valence-electron chi connectivity index (χ4n) is 8.16. The van der Waals surface area contributed by atoms with E-state index in [4.69, 9.17) is 9.72 Å². The number of halogens is 2. The van der Waals surface area contributed by atoms with Crippen LogP contribution in [0.3, 0.4) is 0 Å². The van der Waals surface area contributed by atoms with Gasteiger partial charge in [0.2, 0.25) is 0 Å². The van der Waals surface area contributed by atoms with Gasteiger partial charge < -0.3 is 25.2 Å². The van der Waals surface area contributed by atoms with E-state index < -0.39 is 23.2 Å². The van der Waals surface area contributed by atoms with E-state index in [1.54, 1.807) is 35.2 Å². The molecule has 0 saturated carbocycles. The molecule has 5 heterocycles. The van der Waals surface area contributed by atoms with Crippen LogP contribution in [0, 0.1) is 17.0 Å². The van der Waals surface area contributed by atoms with Crippen LogP contribution in [-0.2, 0) is 24.0 Å². The highest BCUT2D eigenvalue weighted by Gasteiger charge is 2.45. The number of amides is 3. The summed E-state index contributed by atoms with van der Waals surface area (Å²) < 4.78 is 34.1. The van der Waals surface area contributed by atoms with E-state index in [-0.39, 0.29) is 17.2 Å². The third-order valence-corrected chi connectivity index (χ3v) is 12.3. The zero-order chi connectivity index (χ0) is 37.0. The van der Waals surface area contributed by atoms with Crippen LogP contribution >= 0.6 is 11.3 Å². The molecule has 4 aliphatic rings. The van der Waals surface area contributed by atoms with Crippen LogP contribution < -0.4 is 20.4 Å². The lowest BCUT2D eigenvalue weighted by Crippen LogP contribution is -2.59. The van der Waals surface area contributed by atoms with Crippen LogP contribution in [0.5, 0.6) is 0 Å². The van der Waals surface area contributed by atoms with Gasteiger partial charge in [-0.15, -0.1) is 11.3 Å². The number of carbonyl (C=O) groups is 3. The van der Waals surface area contributed by atoms with Crippen LogP contribution in [0.25, 0.3) is 10.4 Å². The van der Waals surface area contributed by atoms with Crippen molar-refractivity contribution in [1.82, 2.24) is 4.98 Å². The first-order valence-corrected chi connectivity index (χ1v) is 19.1.